The highest BCUT2D eigenvalue weighted by Crippen LogP contribution is 2.61. The van der Waals surface area contributed by atoms with Crippen LogP contribution in [0.5, 0.6) is 0 Å². The van der Waals surface area contributed by atoms with Gasteiger partial charge >= 0.3 is 0 Å². The Hall–Kier alpha value is -2.17. The summed E-state index contributed by atoms with van der Waals surface area (Å²) in [5.74, 6) is 1.52. The zero-order chi connectivity index (χ0) is 27.8. The van der Waals surface area contributed by atoms with Crippen LogP contribution in [0, 0.1) is 23.2 Å². The van der Waals surface area contributed by atoms with Crippen molar-refractivity contribution in [3.05, 3.63) is 39.5 Å². The van der Waals surface area contributed by atoms with Crippen LogP contribution in [0.1, 0.15) is 52.1 Å². The number of ether oxygens (including phenoxy) is 1. The van der Waals surface area contributed by atoms with Gasteiger partial charge in [0.25, 0.3) is 5.56 Å². The summed E-state index contributed by atoms with van der Waals surface area (Å²) in [5, 5.41) is 15.0. The molecule has 2 bridgehead atoms. The number of carbonyl (C=O) groups excluding carboxylic acids is 1. The summed E-state index contributed by atoms with van der Waals surface area (Å²) < 4.78 is 8.56. The van der Waals surface area contributed by atoms with Crippen molar-refractivity contribution < 1.29 is 9.53 Å². The first kappa shape index (κ1) is 28.8. The van der Waals surface area contributed by atoms with E-state index in [-0.39, 0.29) is 29.6 Å². The Morgan fingerprint density at radius 2 is 2.00 bits per heavy atom. The van der Waals surface area contributed by atoms with Crippen LogP contribution in [0.2, 0.25) is 30.7 Å². The predicted octanol–water partition coefficient (Wildman–Crippen LogP) is 4.77. The average molecular weight is 563 g/mol. The molecule has 3 fully saturated rings. The predicted molar refractivity (Wildman–Crippen MR) is 153 cm³/mol. The number of carbonyl (C=O) groups is 1. The van der Waals surface area contributed by atoms with Gasteiger partial charge < -0.3 is 15.4 Å². The standard InChI is InChI=1S/C27H43ClN6O3Si/c1-17-21-10-20(27(21,3)4)11-22(17)32-23-13-30-34(26(36)25(23)28)15-24(35)31-18(2)19-12-29-33(14-19)16-37-8-9-38(5,6)7/h12-14,17-18,20-22,32H,8-11,15-16H2,1-7H3,(H,31,35)/t17-,18?,20+,21+,22+/m0/s1. The first-order valence-electron chi connectivity index (χ1n) is 13.7. The van der Waals surface area contributed by atoms with E-state index in [4.69, 9.17) is 16.3 Å². The molecule has 38 heavy (non-hydrogen) atoms. The Bertz CT molecular complexity index is 1210. The van der Waals surface area contributed by atoms with E-state index in [1.165, 1.54) is 6.42 Å². The third kappa shape index (κ3) is 6.34. The van der Waals surface area contributed by atoms with Crippen molar-refractivity contribution in [2.24, 2.45) is 23.2 Å². The van der Waals surface area contributed by atoms with Crippen LogP contribution in [0.25, 0.3) is 0 Å². The quantitative estimate of drug-likeness (QED) is 0.302. The first-order chi connectivity index (χ1) is 17.8. The second-order valence-corrected chi connectivity index (χ2v) is 19.0. The first-order valence-corrected chi connectivity index (χ1v) is 17.8. The van der Waals surface area contributed by atoms with E-state index in [1.807, 2.05) is 13.1 Å². The molecule has 0 spiro atoms. The van der Waals surface area contributed by atoms with Crippen LogP contribution in [0.3, 0.4) is 0 Å². The summed E-state index contributed by atoms with van der Waals surface area (Å²) in [6, 6.07) is 1.08. The minimum absolute atomic E-state index is 0.0713. The molecule has 2 N–H and O–H groups in total. The number of hydrogen-bond donors (Lipinski definition) is 2. The number of amides is 1. The van der Waals surface area contributed by atoms with E-state index in [9.17, 15) is 9.59 Å². The zero-order valence-corrected chi connectivity index (χ0v) is 25.5. The molecule has 5 atom stereocenters. The second-order valence-electron chi connectivity index (χ2n) is 13.0. The lowest BCUT2D eigenvalue weighted by molar-refractivity contribution is -0.122. The number of aromatic nitrogens is 4. The molecule has 0 radical (unpaired) electrons. The molecule has 3 saturated carbocycles. The summed E-state index contributed by atoms with van der Waals surface area (Å²) in [7, 11) is -1.13. The molecule has 3 aliphatic rings. The largest absolute Gasteiger partial charge is 0.379 e. The lowest BCUT2D eigenvalue weighted by Gasteiger charge is -2.62. The third-order valence-electron chi connectivity index (χ3n) is 8.72. The number of anilines is 1. The number of nitrogens with one attached hydrogen (secondary N) is 2. The normalized spacial score (nSPS) is 24.9. The molecule has 210 valence electrons. The van der Waals surface area contributed by atoms with Crippen molar-refractivity contribution in [3.8, 4) is 0 Å². The van der Waals surface area contributed by atoms with Gasteiger partial charge in [-0.3, -0.25) is 9.59 Å². The topological polar surface area (TPSA) is 103 Å². The molecule has 2 aromatic rings. The van der Waals surface area contributed by atoms with E-state index >= 15 is 0 Å². The van der Waals surface area contributed by atoms with E-state index in [0.717, 1.165) is 22.7 Å². The van der Waals surface area contributed by atoms with Crippen LogP contribution in [0.15, 0.2) is 23.4 Å². The number of rotatable bonds is 11. The van der Waals surface area contributed by atoms with Crippen molar-refractivity contribution in [3.63, 3.8) is 0 Å². The monoisotopic (exact) mass is 562 g/mol. The minimum atomic E-state index is -1.13. The highest BCUT2D eigenvalue weighted by atomic mass is 35.5. The highest BCUT2D eigenvalue weighted by Gasteiger charge is 2.56. The molecule has 9 nitrogen and oxygen atoms in total. The minimum Gasteiger partial charge on any atom is -0.379 e. The van der Waals surface area contributed by atoms with Gasteiger partial charge in [0.1, 0.15) is 18.3 Å². The Labute approximate surface area is 231 Å². The van der Waals surface area contributed by atoms with Crippen LogP contribution >= 0.6 is 11.6 Å². The molecule has 3 aliphatic carbocycles. The lowest BCUT2D eigenvalue weighted by atomic mass is 9.45. The van der Waals surface area contributed by atoms with Gasteiger partial charge in [-0.1, -0.05) is 52.0 Å². The summed E-state index contributed by atoms with van der Waals surface area (Å²) in [4.78, 5) is 25.6. The molecule has 2 heterocycles. The van der Waals surface area contributed by atoms with Crippen LogP contribution in [0.4, 0.5) is 5.69 Å². The van der Waals surface area contributed by atoms with Gasteiger partial charge in [-0.05, 0) is 49.0 Å². The van der Waals surface area contributed by atoms with Gasteiger partial charge in [-0.2, -0.15) is 10.2 Å². The summed E-state index contributed by atoms with van der Waals surface area (Å²) in [6.45, 7) is 16.7. The zero-order valence-electron chi connectivity index (χ0n) is 23.8. The maximum absolute atomic E-state index is 12.9. The molecule has 2 aromatic heterocycles. The van der Waals surface area contributed by atoms with E-state index in [1.54, 1.807) is 17.1 Å². The molecule has 1 unspecified atom stereocenters. The fourth-order valence-corrected chi connectivity index (χ4v) is 6.89. The molecule has 0 aliphatic heterocycles. The number of halogens is 1. The molecular weight excluding hydrogens is 520 g/mol. The maximum atomic E-state index is 12.9. The van der Waals surface area contributed by atoms with Crippen LogP contribution in [-0.2, 0) is 22.8 Å². The molecule has 1 amide bonds. The molecule has 5 rings (SSSR count). The van der Waals surface area contributed by atoms with Crippen LogP contribution < -0.4 is 16.2 Å². The third-order valence-corrected chi connectivity index (χ3v) is 10.8. The molecule has 0 aromatic carbocycles. The van der Waals surface area contributed by atoms with Crippen LogP contribution in [-0.4, -0.2) is 46.2 Å². The average Bonchev–Trinajstić information content (AvgIpc) is 3.31. The SMILES string of the molecule is CC(NC(=O)Cn1ncc(N[C@@H]2C[C@H]3C[C@H]([C@@H]2C)C3(C)C)c(Cl)c1=O)c1cnn(COCC[Si](C)(C)C)c1. The molecular formula is C27H43ClN6O3Si. The Kier molecular flexibility index (Phi) is 8.45. The second kappa shape index (κ2) is 11.1. The molecule has 11 heteroatoms. The Morgan fingerprint density at radius 1 is 1.26 bits per heavy atom. The summed E-state index contributed by atoms with van der Waals surface area (Å²) >= 11 is 6.45. The van der Waals surface area contributed by atoms with E-state index in [2.05, 4.69) is 61.2 Å². The van der Waals surface area contributed by atoms with Crippen molar-refractivity contribution in [1.82, 2.24) is 24.9 Å². The Balaban J connectivity index is 1.29. The van der Waals surface area contributed by atoms with E-state index < -0.39 is 13.6 Å². The van der Waals surface area contributed by atoms with E-state index in [0.29, 0.717) is 42.2 Å². The van der Waals surface area contributed by atoms with Gasteiger partial charge in [0.2, 0.25) is 5.91 Å². The number of nitrogens with zero attached hydrogens (tertiary/aromatic N) is 4. The van der Waals surface area contributed by atoms with Crippen molar-refractivity contribution in [2.45, 2.75) is 91.6 Å². The lowest BCUT2D eigenvalue weighted by Crippen LogP contribution is -2.58. The smallest absolute Gasteiger partial charge is 0.288 e. The van der Waals surface area contributed by atoms with Crippen molar-refractivity contribution >= 4 is 31.3 Å². The van der Waals surface area contributed by atoms with Crippen molar-refractivity contribution in [2.75, 3.05) is 11.9 Å². The van der Waals surface area contributed by atoms with Gasteiger partial charge in [0.05, 0.1) is 24.1 Å². The van der Waals surface area contributed by atoms with Gasteiger partial charge in [0.15, 0.2) is 0 Å². The fraction of sp³-hybridized carbons (Fsp3) is 0.704. The maximum Gasteiger partial charge on any atom is 0.288 e. The number of hydrogen-bond acceptors (Lipinski definition) is 6. The summed E-state index contributed by atoms with van der Waals surface area (Å²) in [5.41, 5.74) is 1.30. The van der Waals surface area contributed by atoms with Gasteiger partial charge in [0, 0.05) is 32.5 Å². The van der Waals surface area contributed by atoms with Crippen molar-refractivity contribution in [1.29, 1.82) is 0 Å². The highest BCUT2D eigenvalue weighted by molar-refractivity contribution is 6.76. The molecule has 0 saturated heterocycles. The fourth-order valence-electron chi connectivity index (χ4n) is 5.94. The van der Waals surface area contributed by atoms with Gasteiger partial charge in [-0.15, -0.1) is 0 Å². The van der Waals surface area contributed by atoms with Gasteiger partial charge in [-0.25, -0.2) is 9.36 Å². The summed E-state index contributed by atoms with van der Waals surface area (Å²) in [6.07, 6.45) is 7.47. The number of fused-ring (bicyclic) bond motifs is 2. The Morgan fingerprint density at radius 3 is 2.66 bits per heavy atom.